The molecule has 0 aliphatic heterocycles. The van der Waals surface area contributed by atoms with Gasteiger partial charge in [0.05, 0.1) is 29.0 Å². The molecule has 4 rings (SSSR count). The van der Waals surface area contributed by atoms with Gasteiger partial charge in [-0.1, -0.05) is 54.6 Å². The highest BCUT2D eigenvalue weighted by Crippen LogP contribution is 2.25. The van der Waals surface area contributed by atoms with E-state index in [0.717, 1.165) is 5.56 Å². The number of hydrogen-bond donors (Lipinski definition) is 1. The Balaban J connectivity index is 1.51. The van der Waals surface area contributed by atoms with Crippen LogP contribution in [0.3, 0.4) is 0 Å². The van der Waals surface area contributed by atoms with E-state index >= 15 is 0 Å². The molecule has 4 aromatic rings. The van der Waals surface area contributed by atoms with Crippen LogP contribution in [-0.2, 0) is 16.6 Å². The van der Waals surface area contributed by atoms with Gasteiger partial charge in [-0.15, -0.1) is 0 Å². The molecule has 0 saturated carbocycles. The summed E-state index contributed by atoms with van der Waals surface area (Å²) in [6.07, 6.45) is 3.09. The van der Waals surface area contributed by atoms with Gasteiger partial charge in [-0.05, 0) is 54.1 Å². The van der Waals surface area contributed by atoms with Crippen molar-refractivity contribution >= 4 is 27.8 Å². The molecule has 8 heteroatoms. The molecule has 0 atom stereocenters. The largest absolute Gasteiger partial charge is 0.271 e. The Bertz CT molecular complexity index is 1360. The summed E-state index contributed by atoms with van der Waals surface area (Å²) in [6, 6.07) is 29.4. The molecule has 0 fully saturated rings. The molecule has 1 amide bonds. The molecule has 0 aliphatic rings. The second-order valence-corrected chi connectivity index (χ2v) is 9.17. The number of benzene rings is 3. The quantitative estimate of drug-likeness (QED) is 0.308. The first-order valence-electron chi connectivity index (χ1n) is 10.5. The number of aromatic nitrogens is 1. The lowest BCUT2D eigenvalue weighted by Gasteiger charge is -2.24. The smallest absolute Gasteiger partial charge is 0.267 e. The van der Waals surface area contributed by atoms with E-state index in [9.17, 15) is 13.2 Å². The molecule has 0 unspecified atom stereocenters. The van der Waals surface area contributed by atoms with Crippen molar-refractivity contribution < 1.29 is 13.2 Å². The van der Waals surface area contributed by atoms with Crippen molar-refractivity contribution in [3.63, 3.8) is 0 Å². The van der Waals surface area contributed by atoms with E-state index in [1.165, 1.54) is 10.5 Å². The number of anilines is 1. The fourth-order valence-electron chi connectivity index (χ4n) is 3.23. The van der Waals surface area contributed by atoms with Gasteiger partial charge in [0.2, 0.25) is 0 Å². The minimum absolute atomic E-state index is 0.112. The Labute approximate surface area is 198 Å². The van der Waals surface area contributed by atoms with Crippen molar-refractivity contribution in [2.75, 3.05) is 4.31 Å². The topological polar surface area (TPSA) is 91.7 Å². The Hall–Kier alpha value is -4.30. The number of para-hydroxylation sites is 1. The molecule has 1 heterocycles. The van der Waals surface area contributed by atoms with E-state index < -0.39 is 10.0 Å². The molecule has 170 valence electrons. The first kappa shape index (κ1) is 22.9. The number of nitrogens with zero attached hydrogens (tertiary/aromatic N) is 3. The molecule has 0 radical (unpaired) electrons. The van der Waals surface area contributed by atoms with Crippen LogP contribution < -0.4 is 9.73 Å². The number of rotatable bonds is 8. The predicted molar refractivity (Wildman–Crippen MR) is 132 cm³/mol. The zero-order valence-electron chi connectivity index (χ0n) is 18.2. The SMILES string of the molecule is O=C(N/N=C/c1ccccn1)c1ccc(CN(c2ccccc2)S(=O)(=O)c2ccccc2)cc1. The number of carbonyl (C=O) groups is 1. The van der Waals surface area contributed by atoms with Crippen molar-refractivity contribution in [2.24, 2.45) is 5.10 Å². The van der Waals surface area contributed by atoms with Crippen molar-refractivity contribution in [3.05, 3.63) is 126 Å². The van der Waals surface area contributed by atoms with Crippen LogP contribution in [-0.4, -0.2) is 25.5 Å². The average Bonchev–Trinajstić information content (AvgIpc) is 2.89. The van der Waals surface area contributed by atoms with E-state index in [2.05, 4.69) is 15.5 Å². The van der Waals surface area contributed by atoms with E-state index in [4.69, 9.17) is 0 Å². The van der Waals surface area contributed by atoms with Crippen LogP contribution >= 0.6 is 0 Å². The molecule has 0 bridgehead atoms. The lowest BCUT2D eigenvalue weighted by Crippen LogP contribution is -2.30. The second kappa shape index (κ2) is 10.5. The first-order valence-corrected chi connectivity index (χ1v) is 11.9. The molecular formula is C26H22N4O3S. The summed E-state index contributed by atoms with van der Waals surface area (Å²) in [5, 5.41) is 3.92. The molecule has 1 N–H and O–H groups in total. The highest BCUT2D eigenvalue weighted by Gasteiger charge is 2.25. The van der Waals surface area contributed by atoms with Crippen LogP contribution in [0.15, 0.2) is 119 Å². The maximum Gasteiger partial charge on any atom is 0.271 e. The molecule has 0 spiro atoms. The van der Waals surface area contributed by atoms with Crippen molar-refractivity contribution in [3.8, 4) is 0 Å². The van der Waals surface area contributed by atoms with Crippen molar-refractivity contribution in [2.45, 2.75) is 11.4 Å². The number of amides is 1. The van der Waals surface area contributed by atoms with Gasteiger partial charge in [0, 0.05) is 11.8 Å². The molecule has 1 aromatic heterocycles. The van der Waals surface area contributed by atoms with Crippen molar-refractivity contribution in [1.82, 2.24) is 10.4 Å². The normalized spacial score (nSPS) is 11.3. The number of hydrogen-bond acceptors (Lipinski definition) is 5. The molecule has 0 saturated heterocycles. The summed E-state index contributed by atoms with van der Waals surface area (Å²) < 4.78 is 28.1. The van der Waals surface area contributed by atoms with Gasteiger partial charge in [0.25, 0.3) is 15.9 Å². The molecular weight excluding hydrogens is 448 g/mol. The second-order valence-electron chi connectivity index (χ2n) is 7.31. The lowest BCUT2D eigenvalue weighted by molar-refractivity contribution is 0.0955. The van der Waals surface area contributed by atoms with E-state index in [0.29, 0.717) is 16.9 Å². The molecule has 7 nitrogen and oxygen atoms in total. The van der Waals surface area contributed by atoms with Crippen LogP contribution in [0.25, 0.3) is 0 Å². The monoisotopic (exact) mass is 470 g/mol. The van der Waals surface area contributed by atoms with Gasteiger partial charge in [-0.3, -0.25) is 14.1 Å². The minimum Gasteiger partial charge on any atom is -0.267 e. The minimum atomic E-state index is -3.79. The Morgan fingerprint density at radius 2 is 1.50 bits per heavy atom. The number of hydrazone groups is 1. The molecule has 34 heavy (non-hydrogen) atoms. The van der Waals surface area contributed by atoms with E-state index in [1.54, 1.807) is 97.2 Å². The van der Waals surface area contributed by atoms with Gasteiger partial charge in [0.1, 0.15) is 0 Å². The highest BCUT2D eigenvalue weighted by atomic mass is 32.2. The van der Waals surface area contributed by atoms with Crippen LogP contribution in [0.5, 0.6) is 0 Å². The van der Waals surface area contributed by atoms with Gasteiger partial charge < -0.3 is 0 Å². The maximum absolute atomic E-state index is 13.4. The summed E-state index contributed by atoms with van der Waals surface area (Å²) in [7, 11) is -3.79. The molecule has 0 aliphatic carbocycles. The van der Waals surface area contributed by atoms with Crippen LogP contribution in [0.4, 0.5) is 5.69 Å². The number of nitrogens with one attached hydrogen (secondary N) is 1. The van der Waals surface area contributed by atoms with Gasteiger partial charge >= 0.3 is 0 Å². The summed E-state index contributed by atoms with van der Waals surface area (Å²) in [4.78, 5) is 16.7. The summed E-state index contributed by atoms with van der Waals surface area (Å²) in [5.74, 6) is -0.379. The van der Waals surface area contributed by atoms with E-state index in [1.807, 2.05) is 12.1 Å². The molecule has 3 aromatic carbocycles. The first-order chi connectivity index (χ1) is 16.5. The third kappa shape index (κ3) is 5.54. The predicted octanol–water partition coefficient (Wildman–Crippen LogP) is 4.24. The van der Waals surface area contributed by atoms with Gasteiger partial charge in [-0.2, -0.15) is 5.10 Å². The zero-order chi connectivity index (χ0) is 23.8. The van der Waals surface area contributed by atoms with Crippen LogP contribution in [0.2, 0.25) is 0 Å². The zero-order valence-corrected chi connectivity index (χ0v) is 19.0. The van der Waals surface area contributed by atoms with Crippen LogP contribution in [0, 0.1) is 0 Å². The third-order valence-electron chi connectivity index (χ3n) is 4.97. The summed E-state index contributed by atoms with van der Waals surface area (Å²) in [6.45, 7) is 0.112. The standard InChI is InChI=1S/C26H22N4O3S/c31-26(29-28-19-23-9-7-8-18-27-23)22-16-14-21(15-17-22)20-30(24-10-3-1-4-11-24)34(32,33)25-12-5-2-6-13-25/h1-19H,20H2,(H,29,31)/b28-19+. The van der Waals surface area contributed by atoms with E-state index in [-0.39, 0.29) is 17.3 Å². The van der Waals surface area contributed by atoms with Gasteiger partial charge in [0.15, 0.2) is 0 Å². The summed E-state index contributed by atoms with van der Waals surface area (Å²) >= 11 is 0. The Morgan fingerprint density at radius 1 is 0.853 bits per heavy atom. The summed E-state index contributed by atoms with van der Waals surface area (Å²) in [5.41, 5.74) is 4.78. The number of carbonyl (C=O) groups excluding carboxylic acids is 1. The number of pyridine rings is 1. The Morgan fingerprint density at radius 3 is 2.15 bits per heavy atom. The fourth-order valence-corrected chi connectivity index (χ4v) is 4.70. The average molecular weight is 471 g/mol. The highest BCUT2D eigenvalue weighted by molar-refractivity contribution is 7.92. The fraction of sp³-hybridized carbons (Fsp3) is 0.0385. The lowest BCUT2D eigenvalue weighted by atomic mass is 10.1. The van der Waals surface area contributed by atoms with Gasteiger partial charge in [-0.25, -0.2) is 13.8 Å². The third-order valence-corrected chi connectivity index (χ3v) is 6.76. The van der Waals surface area contributed by atoms with Crippen LogP contribution in [0.1, 0.15) is 21.6 Å². The maximum atomic E-state index is 13.4. The Kier molecular flexibility index (Phi) is 7.10. The van der Waals surface area contributed by atoms with Crippen molar-refractivity contribution in [1.29, 1.82) is 0 Å². The number of sulfonamides is 1.